The maximum Gasteiger partial charge on any atom is 0.337 e. The van der Waals surface area contributed by atoms with E-state index in [0.29, 0.717) is 23.6 Å². The van der Waals surface area contributed by atoms with Crippen LogP contribution in [0.15, 0.2) is 18.2 Å². The minimum Gasteiger partial charge on any atom is -0.491 e. The summed E-state index contributed by atoms with van der Waals surface area (Å²) in [6.07, 6.45) is 15.8. The fourth-order valence-electron chi connectivity index (χ4n) is 3.03. The number of benzene rings is 1. The zero-order valence-corrected chi connectivity index (χ0v) is 16.7. The van der Waals surface area contributed by atoms with Gasteiger partial charge in [-0.15, -0.1) is 0 Å². The molecule has 0 amide bonds. The number of ether oxygens (including phenoxy) is 2. The summed E-state index contributed by atoms with van der Waals surface area (Å²) in [5.41, 5.74) is 6.92. The molecule has 0 saturated heterocycles. The fraction of sp³-hybridized carbons (Fsp3) is 0.682. The van der Waals surface area contributed by atoms with E-state index in [9.17, 15) is 4.79 Å². The molecule has 0 radical (unpaired) electrons. The third-order valence-electron chi connectivity index (χ3n) is 4.69. The lowest BCUT2D eigenvalue weighted by atomic mass is 10.1. The first kappa shape index (κ1) is 22.3. The van der Waals surface area contributed by atoms with Gasteiger partial charge in [0.1, 0.15) is 5.75 Å². The zero-order valence-electron chi connectivity index (χ0n) is 16.7. The second-order valence-electron chi connectivity index (χ2n) is 6.98. The van der Waals surface area contributed by atoms with Crippen LogP contribution in [0.3, 0.4) is 0 Å². The van der Waals surface area contributed by atoms with Gasteiger partial charge in [-0.1, -0.05) is 77.6 Å². The first-order chi connectivity index (χ1) is 12.7. The third-order valence-corrected chi connectivity index (χ3v) is 4.69. The van der Waals surface area contributed by atoms with Crippen molar-refractivity contribution in [1.82, 2.24) is 0 Å². The molecule has 0 heterocycles. The third kappa shape index (κ3) is 9.69. The highest BCUT2D eigenvalue weighted by Crippen LogP contribution is 2.23. The van der Waals surface area contributed by atoms with Crippen molar-refractivity contribution in [2.75, 3.05) is 19.5 Å². The average molecular weight is 364 g/mol. The Morgan fingerprint density at radius 3 is 1.96 bits per heavy atom. The number of anilines is 1. The Morgan fingerprint density at radius 1 is 0.885 bits per heavy atom. The summed E-state index contributed by atoms with van der Waals surface area (Å²) in [5, 5.41) is 0. The topological polar surface area (TPSA) is 61.5 Å². The van der Waals surface area contributed by atoms with Crippen LogP contribution < -0.4 is 10.5 Å². The number of nitrogens with two attached hydrogens (primary N) is 1. The van der Waals surface area contributed by atoms with Crippen LogP contribution in [0.4, 0.5) is 5.69 Å². The lowest BCUT2D eigenvalue weighted by molar-refractivity contribution is 0.0600. The standard InChI is InChI=1S/C22H37NO3/c1-3-4-5-6-7-8-9-10-11-12-13-14-17-26-21-18-19(22(24)25-2)15-16-20(21)23/h15-16,18H,3-14,17,23H2,1-2H3. The van der Waals surface area contributed by atoms with E-state index >= 15 is 0 Å². The molecule has 148 valence electrons. The van der Waals surface area contributed by atoms with Crippen molar-refractivity contribution in [2.45, 2.75) is 84.0 Å². The smallest absolute Gasteiger partial charge is 0.337 e. The number of carbonyl (C=O) groups excluding carboxylic acids is 1. The Kier molecular flexibility index (Phi) is 12.4. The van der Waals surface area contributed by atoms with Crippen LogP contribution in [-0.2, 0) is 4.74 Å². The molecule has 0 aliphatic heterocycles. The van der Waals surface area contributed by atoms with Gasteiger partial charge < -0.3 is 15.2 Å². The summed E-state index contributed by atoms with van der Waals surface area (Å²) >= 11 is 0. The number of esters is 1. The Labute approximate surface area is 159 Å². The summed E-state index contributed by atoms with van der Waals surface area (Å²) in [4.78, 5) is 11.5. The molecule has 0 aliphatic rings. The highest BCUT2D eigenvalue weighted by Gasteiger charge is 2.09. The van der Waals surface area contributed by atoms with Crippen LogP contribution in [0.1, 0.15) is 94.3 Å². The van der Waals surface area contributed by atoms with Crippen LogP contribution in [0.5, 0.6) is 5.75 Å². The lowest BCUT2D eigenvalue weighted by Gasteiger charge is -2.10. The number of nitrogen functional groups attached to an aromatic ring is 1. The molecule has 4 heteroatoms. The van der Waals surface area contributed by atoms with E-state index in [1.165, 1.54) is 77.7 Å². The molecular formula is C22H37NO3. The molecule has 0 unspecified atom stereocenters. The second-order valence-corrected chi connectivity index (χ2v) is 6.98. The highest BCUT2D eigenvalue weighted by atomic mass is 16.5. The summed E-state index contributed by atoms with van der Waals surface area (Å²) in [6, 6.07) is 4.99. The number of rotatable bonds is 15. The molecule has 0 aliphatic carbocycles. The number of hydrogen-bond acceptors (Lipinski definition) is 4. The molecule has 0 atom stereocenters. The maximum absolute atomic E-state index is 11.5. The molecule has 4 nitrogen and oxygen atoms in total. The minimum absolute atomic E-state index is 0.375. The number of carbonyl (C=O) groups is 1. The van der Waals surface area contributed by atoms with E-state index in [-0.39, 0.29) is 5.97 Å². The number of unbranched alkanes of at least 4 members (excludes halogenated alkanes) is 11. The zero-order chi connectivity index (χ0) is 19.0. The van der Waals surface area contributed by atoms with Crippen molar-refractivity contribution >= 4 is 11.7 Å². The lowest BCUT2D eigenvalue weighted by Crippen LogP contribution is -2.05. The van der Waals surface area contributed by atoms with Crippen molar-refractivity contribution < 1.29 is 14.3 Å². The van der Waals surface area contributed by atoms with Gasteiger partial charge in [0, 0.05) is 0 Å². The monoisotopic (exact) mass is 363 g/mol. The predicted octanol–water partition coefficient (Wildman–Crippen LogP) is 6.14. The first-order valence-electron chi connectivity index (χ1n) is 10.3. The van der Waals surface area contributed by atoms with Gasteiger partial charge in [-0.2, -0.15) is 0 Å². The molecule has 1 aromatic carbocycles. The summed E-state index contributed by atoms with van der Waals surface area (Å²) in [7, 11) is 1.37. The van der Waals surface area contributed by atoms with E-state index in [1.807, 2.05) is 0 Å². The SMILES string of the molecule is CCCCCCCCCCCCCCOc1cc(C(=O)OC)ccc1N. The van der Waals surface area contributed by atoms with Gasteiger partial charge >= 0.3 is 5.97 Å². The van der Waals surface area contributed by atoms with Crippen LogP contribution in [0.2, 0.25) is 0 Å². The molecule has 2 N–H and O–H groups in total. The van der Waals surface area contributed by atoms with Gasteiger partial charge in [-0.05, 0) is 24.6 Å². The van der Waals surface area contributed by atoms with Gasteiger partial charge in [-0.25, -0.2) is 4.79 Å². The predicted molar refractivity (Wildman–Crippen MR) is 109 cm³/mol. The summed E-state index contributed by atoms with van der Waals surface area (Å²) < 4.78 is 10.4. The molecule has 0 aromatic heterocycles. The second kappa shape index (κ2) is 14.5. The molecule has 0 spiro atoms. The molecule has 1 aromatic rings. The summed E-state index contributed by atoms with van der Waals surface area (Å²) in [5.74, 6) is 0.191. The molecule has 0 saturated carbocycles. The van der Waals surface area contributed by atoms with Crippen LogP contribution >= 0.6 is 0 Å². The highest BCUT2D eigenvalue weighted by molar-refractivity contribution is 5.90. The van der Waals surface area contributed by atoms with Gasteiger partial charge in [0.25, 0.3) is 0 Å². The minimum atomic E-state index is -0.375. The Hall–Kier alpha value is -1.71. The van der Waals surface area contributed by atoms with E-state index in [4.69, 9.17) is 15.2 Å². The van der Waals surface area contributed by atoms with Crippen molar-refractivity contribution in [3.8, 4) is 5.75 Å². The van der Waals surface area contributed by atoms with Gasteiger partial charge in [-0.3, -0.25) is 0 Å². The average Bonchev–Trinajstić information content (AvgIpc) is 2.66. The van der Waals surface area contributed by atoms with Crippen molar-refractivity contribution in [1.29, 1.82) is 0 Å². The van der Waals surface area contributed by atoms with Crippen LogP contribution in [-0.4, -0.2) is 19.7 Å². The molecule has 0 bridgehead atoms. The van der Waals surface area contributed by atoms with E-state index < -0.39 is 0 Å². The van der Waals surface area contributed by atoms with E-state index in [2.05, 4.69) is 6.92 Å². The van der Waals surface area contributed by atoms with Crippen LogP contribution in [0, 0.1) is 0 Å². The number of hydrogen-bond donors (Lipinski definition) is 1. The summed E-state index contributed by atoms with van der Waals surface area (Å²) in [6.45, 7) is 2.89. The quantitative estimate of drug-likeness (QED) is 0.231. The van der Waals surface area contributed by atoms with E-state index in [1.54, 1.807) is 18.2 Å². The van der Waals surface area contributed by atoms with Crippen molar-refractivity contribution in [3.05, 3.63) is 23.8 Å². The van der Waals surface area contributed by atoms with Crippen molar-refractivity contribution in [3.63, 3.8) is 0 Å². The van der Waals surface area contributed by atoms with Gasteiger partial charge in [0.2, 0.25) is 0 Å². The first-order valence-corrected chi connectivity index (χ1v) is 10.3. The number of methoxy groups -OCH3 is 1. The Balaban J connectivity index is 2.03. The molecule has 26 heavy (non-hydrogen) atoms. The van der Waals surface area contributed by atoms with Gasteiger partial charge in [0.15, 0.2) is 0 Å². The maximum atomic E-state index is 11.5. The molecular weight excluding hydrogens is 326 g/mol. The Bertz CT molecular complexity index is 502. The Morgan fingerprint density at radius 2 is 1.42 bits per heavy atom. The molecule has 1 rings (SSSR count). The van der Waals surface area contributed by atoms with Gasteiger partial charge in [0.05, 0.1) is 25.0 Å². The van der Waals surface area contributed by atoms with Crippen molar-refractivity contribution in [2.24, 2.45) is 0 Å². The largest absolute Gasteiger partial charge is 0.491 e. The molecule has 0 fully saturated rings. The van der Waals surface area contributed by atoms with Crippen LogP contribution in [0.25, 0.3) is 0 Å². The fourth-order valence-corrected chi connectivity index (χ4v) is 3.03. The normalized spacial score (nSPS) is 10.7. The van der Waals surface area contributed by atoms with E-state index in [0.717, 1.165) is 6.42 Å².